The number of benzene rings is 2. The molecule has 28 heavy (non-hydrogen) atoms. The van der Waals surface area contributed by atoms with Crippen molar-refractivity contribution in [2.45, 2.75) is 13.3 Å². The largest absolute Gasteiger partial charge is 0.484 e. The van der Waals surface area contributed by atoms with E-state index in [9.17, 15) is 9.59 Å². The van der Waals surface area contributed by atoms with Crippen molar-refractivity contribution >= 4 is 23.2 Å². The molecule has 0 spiro atoms. The van der Waals surface area contributed by atoms with Gasteiger partial charge in [0.15, 0.2) is 6.61 Å². The summed E-state index contributed by atoms with van der Waals surface area (Å²) in [5.74, 6) is -0.194. The van der Waals surface area contributed by atoms with Gasteiger partial charge in [-0.15, -0.1) is 11.3 Å². The average Bonchev–Trinajstić information content (AvgIpc) is 3.13. The summed E-state index contributed by atoms with van der Waals surface area (Å²) in [6, 6.07) is 14.5. The molecule has 3 rings (SSSR count). The molecule has 0 atom stereocenters. The average molecular weight is 395 g/mol. The van der Waals surface area contributed by atoms with Gasteiger partial charge in [0, 0.05) is 23.1 Å². The molecule has 0 saturated heterocycles. The van der Waals surface area contributed by atoms with E-state index in [2.05, 4.69) is 10.3 Å². The quantitative estimate of drug-likeness (QED) is 0.613. The van der Waals surface area contributed by atoms with Crippen LogP contribution in [0.5, 0.6) is 5.75 Å². The van der Waals surface area contributed by atoms with E-state index in [4.69, 9.17) is 10.5 Å². The number of rotatable bonds is 8. The number of nitrogens with two attached hydrogens (primary N) is 1. The highest BCUT2D eigenvalue weighted by atomic mass is 32.1. The summed E-state index contributed by atoms with van der Waals surface area (Å²) in [6.07, 6.45) is 0.732. The van der Waals surface area contributed by atoms with Crippen LogP contribution in [0.15, 0.2) is 53.9 Å². The fourth-order valence-corrected chi connectivity index (χ4v) is 3.22. The van der Waals surface area contributed by atoms with Gasteiger partial charge in [-0.1, -0.05) is 24.3 Å². The van der Waals surface area contributed by atoms with Crippen molar-refractivity contribution in [1.29, 1.82) is 0 Å². The van der Waals surface area contributed by atoms with Gasteiger partial charge in [-0.3, -0.25) is 9.59 Å². The molecule has 0 bridgehead atoms. The molecule has 0 aliphatic carbocycles. The zero-order valence-electron chi connectivity index (χ0n) is 15.5. The molecule has 0 radical (unpaired) electrons. The molecule has 2 aromatic carbocycles. The minimum atomic E-state index is -0.501. The van der Waals surface area contributed by atoms with Crippen molar-refractivity contribution in [3.8, 4) is 17.0 Å². The van der Waals surface area contributed by atoms with Gasteiger partial charge in [0.2, 0.25) is 5.91 Å². The minimum absolute atomic E-state index is 0.0853. The number of thiazole rings is 1. The van der Waals surface area contributed by atoms with Crippen LogP contribution in [0.3, 0.4) is 0 Å². The van der Waals surface area contributed by atoms with Crippen LogP contribution < -0.4 is 15.8 Å². The van der Waals surface area contributed by atoms with E-state index in [1.165, 1.54) is 0 Å². The Morgan fingerprint density at radius 1 is 1.11 bits per heavy atom. The SMILES string of the molecule is Cc1nc(-c2ccc(CCNC(=O)COc3ccc(C(N)=O)cc3)cc2)cs1. The number of ether oxygens (including phenoxy) is 1. The number of hydrogen-bond donors (Lipinski definition) is 2. The summed E-state index contributed by atoms with van der Waals surface area (Å²) in [7, 11) is 0. The zero-order chi connectivity index (χ0) is 19.9. The fourth-order valence-electron chi connectivity index (χ4n) is 2.60. The van der Waals surface area contributed by atoms with Crippen LogP contribution in [0.25, 0.3) is 11.3 Å². The lowest BCUT2D eigenvalue weighted by Gasteiger charge is -2.08. The second-order valence-electron chi connectivity index (χ2n) is 6.23. The number of nitrogens with one attached hydrogen (secondary N) is 1. The first-order valence-electron chi connectivity index (χ1n) is 8.82. The molecule has 144 valence electrons. The second kappa shape index (κ2) is 9.14. The first-order chi connectivity index (χ1) is 13.5. The molecule has 0 aliphatic rings. The Balaban J connectivity index is 1.40. The molecule has 0 saturated carbocycles. The summed E-state index contributed by atoms with van der Waals surface area (Å²) < 4.78 is 5.40. The van der Waals surface area contributed by atoms with E-state index in [0.717, 1.165) is 28.2 Å². The summed E-state index contributed by atoms with van der Waals surface area (Å²) in [4.78, 5) is 27.4. The monoisotopic (exact) mass is 395 g/mol. The highest BCUT2D eigenvalue weighted by molar-refractivity contribution is 7.09. The molecule has 2 amide bonds. The maximum Gasteiger partial charge on any atom is 0.257 e. The summed E-state index contributed by atoms with van der Waals surface area (Å²) in [5, 5.41) is 5.93. The minimum Gasteiger partial charge on any atom is -0.484 e. The molecule has 0 aliphatic heterocycles. The molecule has 3 aromatic rings. The van der Waals surface area contributed by atoms with E-state index >= 15 is 0 Å². The summed E-state index contributed by atoms with van der Waals surface area (Å²) >= 11 is 1.63. The van der Waals surface area contributed by atoms with Crippen LogP contribution in [0, 0.1) is 6.92 Å². The standard InChI is InChI=1S/C21H21N3O3S/c1-14-24-19(13-28-14)16-4-2-15(3-5-16)10-11-23-20(25)12-27-18-8-6-17(7-9-18)21(22)26/h2-9,13H,10-12H2,1H3,(H2,22,26)(H,23,25). The highest BCUT2D eigenvalue weighted by Gasteiger charge is 2.05. The van der Waals surface area contributed by atoms with Gasteiger partial charge in [-0.05, 0) is 43.2 Å². The van der Waals surface area contributed by atoms with Crippen LogP contribution in [-0.4, -0.2) is 29.9 Å². The molecule has 6 nitrogen and oxygen atoms in total. The smallest absolute Gasteiger partial charge is 0.257 e. The first-order valence-corrected chi connectivity index (χ1v) is 9.70. The van der Waals surface area contributed by atoms with Crippen LogP contribution in [0.4, 0.5) is 0 Å². The molecule has 1 heterocycles. The number of aromatic nitrogens is 1. The third kappa shape index (κ3) is 5.40. The van der Waals surface area contributed by atoms with Crippen molar-refractivity contribution in [3.63, 3.8) is 0 Å². The normalized spacial score (nSPS) is 10.5. The number of hydrogen-bond acceptors (Lipinski definition) is 5. The molecule has 1 aromatic heterocycles. The van der Waals surface area contributed by atoms with Gasteiger partial charge < -0.3 is 15.8 Å². The zero-order valence-corrected chi connectivity index (χ0v) is 16.3. The van der Waals surface area contributed by atoms with Crippen LogP contribution in [-0.2, 0) is 11.2 Å². The summed E-state index contributed by atoms with van der Waals surface area (Å²) in [5.41, 5.74) is 8.79. The molecule has 0 unspecified atom stereocenters. The maximum absolute atomic E-state index is 11.9. The van der Waals surface area contributed by atoms with Crippen LogP contribution >= 0.6 is 11.3 Å². The Kier molecular flexibility index (Phi) is 6.39. The first kappa shape index (κ1) is 19.6. The van der Waals surface area contributed by atoms with Gasteiger partial charge in [-0.25, -0.2) is 4.98 Å². The number of carbonyl (C=O) groups is 2. The predicted molar refractivity (Wildman–Crippen MR) is 109 cm³/mol. The molecule has 7 heteroatoms. The molecular formula is C21H21N3O3S. The molecule has 0 fully saturated rings. The van der Waals surface area contributed by atoms with E-state index in [1.807, 2.05) is 36.6 Å². The Morgan fingerprint density at radius 3 is 2.43 bits per heavy atom. The lowest BCUT2D eigenvalue weighted by molar-refractivity contribution is -0.123. The number of carbonyl (C=O) groups excluding carboxylic acids is 2. The third-order valence-corrected chi connectivity index (χ3v) is 4.89. The topological polar surface area (TPSA) is 94.3 Å². The molecule has 3 N–H and O–H groups in total. The lowest BCUT2D eigenvalue weighted by atomic mass is 10.1. The van der Waals surface area contributed by atoms with E-state index in [-0.39, 0.29) is 12.5 Å². The fraction of sp³-hybridized carbons (Fsp3) is 0.190. The Bertz CT molecular complexity index is 950. The van der Waals surface area contributed by atoms with Crippen molar-refractivity contribution in [1.82, 2.24) is 10.3 Å². The van der Waals surface area contributed by atoms with Crippen molar-refractivity contribution in [2.24, 2.45) is 5.73 Å². The Hall–Kier alpha value is -3.19. The van der Waals surface area contributed by atoms with Gasteiger partial charge in [0.25, 0.3) is 5.91 Å². The van der Waals surface area contributed by atoms with Crippen molar-refractivity contribution in [2.75, 3.05) is 13.2 Å². The van der Waals surface area contributed by atoms with Gasteiger partial charge in [0.1, 0.15) is 5.75 Å². The van der Waals surface area contributed by atoms with Crippen molar-refractivity contribution < 1.29 is 14.3 Å². The van der Waals surface area contributed by atoms with Crippen LogP contribution in [0.2, 0.25) is 0 Å². The van der Waals surface area contributed by atoms with Crippen molar-refractivity contribution in [3.05, 3.63) is 70.0 Å². The second-order valence-corrected chi connectivity index (χ2v) is 7.29. The summed E-state index contributed by atoms with van der Waals surface area (Å²) in [6.45, 7) is 2.43. The van der Waals surface area contributed by atoms with Gasteiger partial charge >= 0.3 is 0 Å². The van der Waals surface area contributed by atoms with E-state index < -0.39 is 5.91 Å². The van der Waals surface area contributed by atoms with Gasteiger partial charge in [0.05, 0.1) is 10.7 Å². The van der Waals surface area contributed by atoms with Crippen LogP contribution in [0.1, 0.15) is 20.9 Å². The van der Waals surface area contributed by atoms with E-state index in [1.54, 1.807) is 35.6 Å². The molecular weight excluding hydrogens is 374 g/mol. The number of aryl methyl sites for hydroxylation is 1. The number of primary amides is 1. The van der Waals surface area contributed by atoms with E-state index in [0.29, 0.717) is 17.9 Å². The lowest BCUT2D eigenvalue weighted by Crippen LogP contribution is -2.30. The van der Waals surface area contributed by atoms with Gasteiger partial charge in [-0.2, -0.15) is 0 Å². The highest BCUT2D eigenvalue weighted by Crippen LogP contribution is 2.21. The Morgan fingerprint density at radius 2 is 1.82 bits per heavy atom. The number of amides is 2. The Labute approximate surface area is 167 Å². The predicted octanol–water partition coefficient (Wildman–Crippen LogP) is 2.96. The number of nitrogens with zero attached hydrogens (tertiary/aromatic N) is 1. The maximum atomic E-state index is 11.9. The third-order valence-electron chi connectivity index (χ3n) is 4.11.